The number of hydrogen-bond acceptors (Lipinski definition) is 2. The smallest absolute Gasteiger partial charge is 0.225 e. The van der Waals surface area contributed by atoms with Gasteiger partial charge in [-0.1, -0.05) is 0 Å². The Morgan fingerprint density at radius 2 is 2.00 bits per heavy atom. The van der Waals surface area contributed by atoms with Gasteiger partial charge in [-0.25, -0.2) is 0 Å². The zero-order valence-corrected chi connectivity index (χ0v) is 8.48. The standard InChI is InChI=1S/C11H18N2O/c12-10-4-8(5-10)11(14)13-2-1-7-3-9(7)6-13/h7-10H,1-6,12H2. The molecule has 2 aliphatic carbocycles. The van der Waals surface area contributed by atoms with Crippen molar-refractivity contribution in [1.82, 2.24) is 4.90 Å². The molecule has 2 N–H and O–H groups in total. The van der Waals surface area contributed by atoms with Crippen LogP contribution < -0.4 is 5.73 Å². The van der Waals surface area contributed by atoms with Crippen LogP contribution in [0.3, 0.4) is 0 Å². The van der Waals surface area contributed by atoms with Crippen LogP contribution in [0, 0.1) is 17.8 Å². The second-order valence-corrected chi connectivity index (χ2v) is 5.26. The molecule has 78 valence electrons. The molecule has 2 atom stereocenters. The first-order valence-electron chi connectivity index (χ1n) is 5.78. The molecular weight excluding hydrogens is 176 g/mol. The van der Waals surface area contributed by atoms with Crippen molar-refractivity contribution < 1.29 is 4.79 Å². The third-order valence-corrected chi connectivity index (χ3v) is 4.13. The van der Waals surface area contributed by atoms with Crippen molar-refractivity contribution in [2.45, 2.75) is 31.7 Å². The highest BCUT2D eigenvalue weighted by molar-refractivity contribution is 5.80. The fraction of sp³-hybridized carbons (Fsp3) is 0.909. The van der Waals surface area contributed by atoms with Gasteiger partial charge in [0, 0.05) is 25.0 Å². The van der Waals surface area contributed by atoms with Crippen LogP contribution in [0.4, 0.5) is 0 Å². The normalized spacial score (nSPS) is 45.4. The maximum Gasteiger partial charge on any atom is 0.225 e. The number of likely N-dealkylation sites (tertiary alicyclic amines) is 1. The fourth-order valence-electron chi connectivity index (χ4n) is 2.91. The van der Waals surface area contributed by atoms with E-state index in [-0.39, 0.29) is 5.92 Å². The van der Waals surface area contributed by atoms with Crippen molar-refractivity contribution in [2.24, 2.45) is 23.5 Å². The average molecular weight is 194 g/mol. The van der Waals surface area contributed by atoms with Gasteiger partial charge in [-0.3, -0.25) is 4.79 Å². The number of amides is 1. The van der Waals surface area contributed by atoms with Crippen molar-refractivity contribution in [3.8, 4) is 0 Å². The van der Waals surface area contributed by atoms with E-state index >= 15 is 0 Å². The van der Waals surface area contributed by atoms with Crippen LogP contribution in [-0.4, -0.2) is 29.9 Å². The molecule has 0 bridgehead atoms. The number of hydrogen-bond donors (Lipinski definition) is 1. The van der Waals surface area contributed by atoms with Crippen molar-refractivity contribution in [2.75, 3.05) is 13.1 Å². The number of carbonyl (C=O) groups is 1. The molecule has 1 saturated heterocycles. The van der Waals surface area contributed by atoms with Gasteiger partial charge in [0.25, 0.3) is 0 Å². The van der Waals surface area contributed by atoms with Crippen LogP contribution in [0.25, 0.3) is 0 Å². The Morgan fingerprint density at radius 3 is 2.64 bits per heavy atom. The Kier molecular flexibility index (Phi) is 1.84. The summed E-state index contributed by atoms with van der Waals surface area (Å²) in [6.07, 6.45) is 4.45. The van der Waals surface area contributed by atoms with Crippen LogP contribution in [0.1, 0.15) is 25.7 Å². The number of carbonyl (C=O) groups excluding carboxylic acids is 1. The van der Waals surface area contributed by atoms with Gasteiger partial charge in [-0.05, 0) is 37.5 Å². The summed E-state index contributed by atoms with van der Waals surface area (Å²) >= 11 is 0. The summed E-state index contributed by atoms with van der Waals surface area (Å²) in [7, 11) is 0. The van der Waals surface area contributed by atoms with Gasteiger partial charge in [0.05, 0.1) is 0 Å². The monoisotopic (exact) mass is 194 g/mol. The number of nitrogens with two attached hydrogens (primary N) is 1. The highest BCUT2D eigenvalue weighted by atomic mass is 16.2. The molecule has 0 spiro atoms. The molecule has 3 aliphatic rings. The van der Waals surface area contributed by atoms with E-state index in [4.69, 9.17) is 5.73 Å². The third-order valence-electron chi connectivity index (χ3n) is 4.13. The van der Waals surface area contributed by atoms with Crippen molar-refractivity contribution in [3.63, 3.8) is 0 Å². The van der Waals surface area contributed by atoms with Crippen LogP contribution in [0.2, 0.25) is 0 Å². The fourth-order valence-corrected chi connectivity index (χ4v) is 2.91. The molecule has 2 unspecified atom stereocenters. The van der Waals surface area contributed by atoms with Gasteiger partial charge in [-0.2, -0.15) is 0 Å². The highest BCUT2D eigenvalue weighted by Crippen LogP contribution is 2.45. The first-order chi connectivity index (χ1) is 6.74. The maximum absolute atomic E-state index is 12.0. The van der Waals surface area contributed by atoms with E-state index in [1.807, 2.05) is 0 Å². The van der Waals surface area contributed by atoms with Gasteiger partial charge in [0.2, 0.25) is 5.91 Å². The predicted molar refractivity (Wildman–Crippen MR) is 53.5 cm³/mol. The minimum atomic E-state index is 0.264. The van der Waals surface area contributed by atoms with E-state index in [9.17, 15) is 4.79 Å². The van der Waals surface area contributed by atoms with Gasteiger partial charge >= 0.3 is 0 Å². The lowest BCUT2D eigenvalue weighted by Crippen LogP contribution is -2.48. The Hall–Kier alpha value is -0.570. The molecule has 3 nitrogen and oxygen atoms in total. The first-order valence-corrected chi connectivity index (χ1v) is 5.78. The summed E-state index contributed by atoms with van der Waals surface area (Å²) in [5.74, 6) is 2.46. The molecule has 2 saturated carbocycles. The number of nitrogens with zero attached hydrogens (tertiary/aromatic N) is 1. The Labute approximate surface area is 84.6 Å². The Morgan fingerprint density at radius 1 is 1.21 bits per heavy atom. The zero-order valence-electron chi connectivity index (χ0n) is 8.48. The summed E-state index contributed by atoms with van der Waals surface area (Å²) < 4.78 is 0. The van der Waals surface area contributed by atoms with Crippen LogP contribution in [-0.2, 0) is 4.79 Å². The van der Waals surface area contributed by atoms with Gasteiger partial charge in [-0.15, -0.1) is 0 Å². The molecule has 1 aliphatic heterocycles. The van der Waals surface area contributed by atoms with E-state index in [2.05, 4.69) is 4.90 Å². The quantitative estimate of drug-likeness (QED) is 0.664. The lowest BCUT2D eigenvalue weighted by Gasteiger charge is -2.37. The number of rotatable bonds is 1. The van der Waals surface area contributed by atoms with Crippen molar-refractivity contribution in [3.05, 3.63) is 0 Å². The van der Waals surface area contributed by atoms with E-state index in [1.54, 1.807) is 0 Å². The topological polar surface area (TPSA) is 46.3 Å². The maximum atomic E-state index is 12.0. The minimum absolute atomic E-state index is 0.264. The van der Waals surface area contributed by atoms with E-state index in [0.717, 1.165) is 37.8 Å². The van der Waals surface area contributed by atoms with Crippen molar-refractivity contribution in [1.29, 1.82) is 0 Å². The van der Waals surface area contributed by atoms with Gasteiger partial charge in [0.1, 0.15) is 0 Å². The number of fused-ring (bicyclic) bond motifs is 1. The zero-order chi connectivity index (χ0) is 9.71. The summed E-state index contributed by atoms with van der Waals surface area (Å²) in [5, 5.41) is 0. The van der Waals surface area contributed by atoms with Gasteiger partial charge in [0.15, 0.2) is 0 Å². The average Bonchev–Trinajstić information content (AvgIpc) is 2.89. The third kappa shape index (κ3) is 1.34. The highest BCUT2D eigenvalue weighted by Gasteiger charge is 2.44. The minimum Gasteiger partial charge on any atom is -0.342 e. The molecule has 1 amide bonds. The van der Waals surface area contributed by atoms with Crippen LogP contribution in [0.15, 0.2) is 0 Å². The molecule has 1 heterocycles. The second-order valence-electron chi connectivity index (χ2n) is 5.26. The van der Waals surface area contributed by atoms with E-state index < -0.39 is 0 Å². The first kappa shape index (κ1) is 8.72. The molecule has 14 heavy (non-hydrogen) atoms. The molecule has 0 aromatic carbocycles. The molecule has 3 rings (SSSR count). The molecular formula is C11H18N2O. The molecule has 0 aromatic rings. The second kappa shape index (κ2) is 2.96. The largest absolute Gasteiger partial charge is 0.342 e. The predicted octanol–water partition coefficient (Wildman–Crippen LogP) is 0.592. The van der Waals surface area contributed by atoms with E-state index in [0.29, 0.717) is 11.9 Å². The SMILES string of the molecule is NC1CC(C(=O)N2CCC3CC3C2)C1. The van der Waals surface area contributed by atoms with E-state index in [1.165, 1.54) is 12.8 Å². The molecule has 0 aromatic heterocycles. The van der Waals surface area contributed by atoms with Gasteiger partial charge < -0.3 is 10.6 Å². The van der Waals surface area contributed by atoms with Crippen LogP contribution >= 0.6 is 0 Å². The Bertz CT molecular complexity index is 260. The summed E-state index contributed by atoms with van der Waals surface area (Å²) in [6.45, 7) is 2.04. The lowest BCUT2D eigenvalue weighted by atomic mass is 9.80. The number of piperidine rings is 1. The molecule has 3 heteroatoms. The molecule has 0 radical (unpaired) electrons. The van der Waals surface area contributed by atoms with Crippen LogP contribution in [0.5, 0.6) is 0 Å². The Balaban J connectivity index is 1.56. The summed E-state index contributed by atoms with van der Waals surface area (Å²) in [5.41, 5.74) is 5.70. The summed E-state index contributed by atoms with van der Waals surface area (Å²) in [4.78, 5) is 14.0. The lowest BCUT2D eigenvalue weighted by molar-refractivity contribution is -0.139. The van der Waals surface area contributed by atoms with Crippen molar-refractivity contribution >= 4 is 5.91 Å². The molecule has 3 fully saturated rings. The summed E-state index contributed by atoms with van der Waals surface area (Å²) in [6, 6.07) is 0.294.